The summed E-state index contributed by atoms with van der Waals surface area (Å²) in [4.78, 5) is 6.51. The number of benzene rings is 2. The Morgan fingerprint density at radius 1 is 0.929 bits per heavy atom. The third kappa shape index (κ3) is 4.66. The zero-order valence-electron chi connectivity index (χ0n) is 17.0. The molecule has 1 heterocycles. The normalized spacial score (nSPS) is 17.4. The van der Waals surface area contributed by atoms with Gasteiger partial charge in [-0.25, -0.2) is 0 Å². The van der Waals surface area contributed by atoms with E-state index >= 15 is 0 Å². The van der Waals surface area contributed by atoms with Gasteiger partial charge >= 0.3 is 0 Å². The lowest BCUT2D eigenvalue weighted by atomic mass is 9.91. The van der Waals surface area contributed by atoms with Crippen molar-refractivity contribution >= 4 is 17.4 Å². The molecule has 0 bridgehead atoms. The average molecular weight is 397 g/mol. The summed E-state index contributed by atoms with van der Waals surface area (Å²) in [6.45, 7) is 6.47. The molecule has 0 N–H and O–H groups in total. The maximum absolute atomic E-state index is 6.18. The number of para-hydroxylation sites is 1. The number of rotatable bonds is 7. The second-order valence-corrected chi connectivity index (χ2v) is 8.65. The Hall–Kier alpha value is -1.65. The van der Waals surface area contributed by atoms with Gasteiger partial charge in [0.2, 0.25) is 0 Å². The molecule has 150 valence electrons. The van der Waals surface area contributed by atoms with Crippen LogP contribution in [0.3, 0.4) is 0 Å². The minimum absolute atomic E-state index is 0.825. The van der Waals surface area contributed by atoms with Gasteiger partial charge in [-0.2, -0.15) is 0 Å². The third-order valence-electron chi connectivity index (χ3n) is 6.03. The van der Waals surface area contributed by atoms with Crippen molar-refractivity contribution in [3.8, 4) is 5.75 Å². The summed E-state index contributed by atoms with van der Waals surface area (Å²) in [5.41, 5.74) is 4.37. The maximum atomic E-state index is 6.18. The summed E-state index contributed by atoms with van der Waals surface area (Å²) in [5.74, 6) is 1.13. The van der Waals surface area contributed by atoms with E-state index in [0.717, 1.165) is 51.5 Å². The molecule has 0 radical (unpaired) electrons. The van der Waals surface area contributed by atoms with Crippen molar-refractivity contribution in [2.75, 3.05) is 50.5 Å². The maximum Gasteiger partial charge on any atom is 0.122 e. The number of fused-ring (bicyclic) bond motifs is 1. The standard InChI is InChI=1S/C24H32N2OS/c1-28-24-13-5-4-11-22(24)26-17-15-25(16-18-26)14-7-19-27-23-12-6-9-20-8-2-3-10-21(20)23/h4-6,9,11-13H,2-3,7-8,10,14-19H2,1H3. The van der Waals surface area contributed by atoms with Crippen molar-refractivity contribution in [3.05, 3.63) is 53.6 Å². The molecule has 2 aromatic rings. The topological polar surface area (TPSA) is 15.7 Å². The van der Waals surface area contributed by atoms with Crippen molar-refractivity contribution in [1.29, 1.82) is 0 Å². The van der Waals surface area contributed by atoms with E-state index < -0.39 is 0 Å². The highest BCUT2D eigenvalue weighted by Gasteiger charge is 2.19. The highest BCUT2D eigenvalue weighted by Crippen LogP contribution is 2.30. The lowest BCUT2D eigenvalue weighted by Crippen LogP contribution is -2.47. The molecule has 0 amide bonds. The predicted molar refractivity (Wildman–Crippen MR) is 120 cm³/mol. The van der Waals surface area contributed by atoms with Crippen LogP contribution < -0.4 is 9.64 Å². The van der Waals surface area contributed by atoms with Gasteiger partial charge in [0, 0.05) is 37.6 Å². The lowest BCUT2D eigenvalue weighted by Gasteiger charge is -2.36. The van der Waals surface area contributed by atoms with E-state index in [4.69, 9.17) is 4.74 Å². The lowest BCUT2D eigenvalue weighted by molar-refractivity contribution is 0.223. The fourth-order valence-corrected chi connectivity index (χ4v) is 5.08. The van der Waals surface area contributed by atoms with Crippen LogP contribution in [0.25, 0.3) is 0 Å². The fourth-order valence-electron chi connectivity index (χ4n) is 4.46. The average Bonchev–Trinajstić information content (AvgIpc) is 2.77. The highest BCUT2D eigenvalue weighted by molar-refractivity contribution is 7.98. The summed E-state index contributed by atoms with van der Waals surface area (Å²) in [6.07, 6.45) is 8.30. The van der Waals surface area contributed by atoms with Crippen LogP contribution in [0.1, 0.15) is 30.4 Å². The first-order valence-electron chi connectivity index (χ1n) is 10.7. The number of ether oxygens (including phenoxy) is 1. The van der Waals surface area contributed by atoms with Gasteiger partial charge in [-0.1, -0.05) is 24.3 Å². The first-order chi connectivity index (χ1) is 13.8. The molecule has 0 spiro atoms. The molecule has 0 aromatic heterocycles. The van der Waals surface area contributed by atoms with E-state index in [0.29, 0.717) is 0 Å². The molecular formula is C24H32N2OS. The summed E-state index contributed by atoms with van der Waals surface area (Å²) in [7, 11) is 0. The summed E-state index contributed by atoms with van der Waals surface area (Å²) in [5, 5.41) is 0. The first kappa shape index (κ1) is 19.7. The van der Waals surface area contributed by atoms with Crippen LogP contribution in [0.4, 0.5) is 5.69 Å². The van der Waals surface area contributed by atoms with Crippen LogP contribution in [0.15, 0.2) is 47.4 Å². The molecule has 2 aliphatic rings. The summed E-state index contributed by atoms with van der Waals surface area (Å²) >= 11 is 1.84. The van der Waals surface area contributed by atoms with E-state index in [1.807, 2.05) is 11.8 Å². The van der Waals surface area contributed by atoms with Crippen LogP contribution in [0.2, 0.25) is 0 Å². The Labute approximate surface area is 174 Å². The quantitative estimate of drug-likeness (QED) is 0.489. The molecule has 1 saturated heterocycles. The molecule has 28 heavy (non-hydrogen) atoms. The number of thioether (sulfide) groups is 1. The Kier molecular flexibility index (Phi) is 6.81. The van der Waals surface area contributed by atoms with Crippen LogP contribution >= 0.6 is 11.8 Å². The molecular weight excluding hydrogens is 364 g/mol. The van der Waals surface area contributed by atoms with Crippen LogP contribution in [0, 0.1) is 0 Å². The van der Waals surface area contributed by atoms with Gasteiger partial charge < -0.3 is 9.64 Å². The molecule has 0 saturated carbocycles. The molecule has 0 unspecified atom stereocenters. The van der Waals surface area contributed by atoms with Crippen LogP contribution in [-0.4, -0.2) is 50.5 Å². The van der Waals surface area contributed by atoms with Crippen LogP contribution in [-0.2, 0) is 12.8 Å². The number of hydrogen-bond donors (Lipinski definition) is 0. The van der Waals surface area contributed by atoms with Crippen molar-refractivity contribution in [3.63, 3.8) is 0 Å². The number of piperazine rings is 1. The van der Waals surface area contributed by atoms with Gasteiger partial charge in [-0.15, -0.1) is 11.8 Å². The zero-order chi connectivity index (χ0) is 19.2. The molecule has 2 aromatic carbocycles. The number of nitrogens with zero attached hydrogens (tertiary/aromatic N) is 2. The largest absolute Gasteiger partial charge is 0.493 e. The smallest absolute Gasteiger partial charge is 0.122 e. The number of hydrogen-bond acceptors (Lipinski definition) is 4. The molecule has 1 aliphatic heterocycles. The van der Waals surface area contributed by atoms with E-state index in [1.165, 1.54) is 47.4 Å². The minimum Gasteiger partial charge on any atom is -0.493 e. The Bertz CT molecular complexity index is 771. The second kappa shape index (κ2) is 9.71. The van der Waals surface area contributed by atoms with Gasteiger partial charge in [-0.05, 0) is 67.7 Å². The van der Waals surface area contributed by atoms with Crippen LogP contribution in [0.5, 0.6) is 5.75 Å². The van der Waals surface area contributed by atoms with E-state index in [1.54, 1.807) is 0 Å². The number of anilines is 1. The molecule has 4 rings (SSSR count). The Morgan fingerprint density at radius 2 is 1.75 bits per heavy atom. The Morgan fingerprint density at radius 3 is 2.61 bits per heavy atom. The molecule has 1 aliphatic carbocycles. The first-order valence-corrected chi connectivity index (χ1v) is 11.9. The highest BCUT2D eigenvalue weighted by atomic mass is 32.2. The van der Waals surface area contributed by atoms with Crippen molar-refractivity contribution in [2.45, 2.75) is 37.0 Å². The van der Waals surface area contributed by atoms with Crippen molar-refractivity contribution in [1.82, 2.24) is 4.90 Å². The van der Waals surface area contributed by atoms with Gasteiger partial charge in [0.05, 0.1) is 12.3 Å². The summed E-state index contributed by atoms with van der Waals surface area (Å²) < 4.78 is 6.18. The van der Waals surface area contributed by atoms with Crippen molar-refractivity contribution < 1.29 is 4.74 Å². The third-order valence-corrected chi connectivity index (χ3v) is 6.81. The fraction of sp³-hybridized carbons (Fsp3) is 0.500. The molecule has 4 heteroatoms. The summed E-state index contributed by atoms with van der Waals surface area (Å²) in [6, 6.07) is 15.4. The van der Waals surface area contributed by atoms with Gasteiger partial charge in [0.15, 0.2) is 0 Å². The Balaban J connectivity index is 1.21. The monoisotopic (exact) mass is 396 g/mol. The zero-order valence-corrected chi connectivity index (χ0v) is 17.8. The van der Waals surface area contributed by atoms with E-state index in [-0.39, 0.29) is 0 Å². The molecule has 3 nitrogen and oxygen atoms in total. The number of aryl methyl sites for hydroxylation is 1. The predicted octanol–water partition coefficient (Wildman–Crippen LogP) is 4.88. The second-order valence-electron chi connectivity index (χ2n) is 7.80. The van der Waals surface area contributed by atoms with Crippen molar-refractivity contribution in [2.24, 2.45) is 0 Å². The molecule has 0 atom stereocenters. The van der Waals surface area contributed by atoms with E-state index in [9.17, 15) is 0 Å². The SMILES string of the molecule is CSc1ccccc1N1CCN(CCCOc2cccc3c2CCCC3)CC1. The minimum atomic E-state index is 0.825. The molecule has 1 fully saturated rings. The van der Waals surface area contributed by atoms with Gasteiger partial charge in [-0.3, -0.25) is 4.90 Å². The van der Waals surface area contributed by atoms with Gasteiger partial charge in [0.1, 0.15) is 5.75 Å². The van der Waals surface area contributed by atoms with Gasteiger partial charge in [0.25, 0.3) is 0 Å². The van der Waals surface area contributed by atoms with E-state index in [2.05, 4.69) is 58.5 Å².